The monoisotopic (exact) mass is 209 g/mol. The van der Waals surface area contributed by atoms with Gasteiger partial charge in [-0.3, -0.25) is 0 Å². The molecule has 0 aromatic carbocycles. The van der Waals surface area contributed by atoms with Crippen molar-refractivity contribution in [3.8, 4) is 0 Å². The van der Waals surface area contributed by atoms with Crippen molar-refractivity contribution in [2.45, 2.75) is 20.8 Å². The van der Waals surface area contributed by atoms with Gasteiger partial charge in [0.2, 0.25) is 0 Å². The maximum Gasteiger partial charge on any atom is 0.254 e. The van der Waals surface area contributed by atoms with E-state index in [9.17, 15) is 0 Å². The van der Waals surface area contributed by atoms with E-state index < -0.39 is 13.0 Å². The number of hydrogen-bond acceptors (Lipinski definition) is 4. The summed E-state index contributed by atoms with van der Waals surface area (Å²) in [6.07, 6.45) is 1.31. The third-order valence-electron chi connectivity index (χ3n) is 2.04. The highest BCUT2D eigenvalue weighted by Crippen LogP contribution is 2.14. The van der Waals surface area contributed by atoms with Gasteiger partial charge in [0, 0.05) is 30.2 Å². The van der Waals surface area contributed by atoms with Crippen molar-refractivity contribution < 1.29 is 5.48 Å². The van der Waals surface area contributed by atoms with Crippen LogP contribution in [-0.4, -0.2) is 32.6 Å². The molecule has 0 radical (unpaired) electrons. The number of aryl methyl sites for hydroxylation is 1. The number of anilines is 1. The Morgan fingerprint density at radius 2 is 2.20 bits per heavy atom. The molecule has 0 atom stereocenters. The summed E-state index contributed by atoms with van der Waals surface area (Å²) in [7, 11) is 0. The van der Waals surface area contributed by atoms with Crippen molar-refractivity contribution in [3.05, 3.63) is 18.1 Å². The van der Waals surface area contributed by atoms with Crippen LogP contribution in [0.1, 0.15) is 25.0 Å². The van der Waals surface area contributed by atoms with Gasteiger partial charge in [0.25, 0.3) is 5.78 Å². The Bertz CT molecular complexity index is 584. The summed E-state index contributed by atoms with van der Waals surface area (Å²) in [5.41, 5.74) is 0.619. The minimum Gasteiger partial charge on any atom is -0.357 e. The lowest BCUT2D eigenvalue weighted by molar-refractivity contribution is 0.796. The highest BCUT2D eigenvalue weighted by molar-refractivity contribution is 5.46. The summed E-state index contributed by atoms with van der Waals surface area (Å²) in [6, 6.07) is 1.59. The number of fused-ring (bicyclic) bond motifs is 1. The number of aromatic nitrogens is 4. The molecule has 5 nitrogen and oxygen atoms in total. The van der Waals surface area contributed by atoms with Gasteiger partial charge in [0.1, 0.15) is 12.1 Å². The fraction of sp³-hybridized carbons (Fsp3) is 0.500. The molecule has 2 heterocycles. The van der Waals surface area contributed by atoms with Gasteiger partial charge in [0.15, 0.2) is 0 Å². The van der Waals surface area contributed by atoms with E-state index in [0.717, 1.165) is 4.90 Å². The summed E-state index contributed by atoms with van der Waals surface area (Å²) < 4.78 is 32.7. The predicted octanol–water partition coefficient (Wildman–Crippen LogP) is 1.28. The van der Waals surface area contributed by atoms with Crippen molar-refractivity contribution in [2.24, 2.45) is 0 Å². The summed E-state index contributed by atoms with van der Waals surface area (Å²) in [5.74, 6) is 0.591. The number of rotatable bonds is 3. The zero-order valence-electron chi connectivity index (χ0n) is 12.9. The van der Waals surface area contributed by atoms with Crippen LogP contribution >= 0.6 is 0 Å². The van der Waals surface area contributed by atoms with E-state index in [4.69, 9.17) is 5.48 Å². The molecule has 0 bridgehead atoms. The Hall–Kier alpha value is -1.65. The van der Waals surface area contributed by atoms with Gasteiger partial charge in [0.05, 0.1) is 0 Å². The summed E-state index contributed by atoms with van der Waals surface area (Å²) in [6.45, 7) is 0.544. The van der Waals surface area contributed by atoms with E-state index >= 15 is 0 Å². The molecule has 2 aromatic heterocycles. The van der Waals surface area contributed by atoms with E-state index in [2.05, 4.69) is 15.1 Å². The average Bonchev–Trinajstić information content (AvgIpc) is 2.60. The minimum absolute atomic E-state index is 0.278. The predicted molar refractivity (Wildman–Crippen MR) is 59.1 cm³/mol. The van der Waals surface area contributed by atoms with Crippen LogP contribution in [0, 0.1) is 6.92 Å². The highest BCUT2D eigenvalue weighted by atomic mass is 15.4. The second kappa shape index (κ2) is 3.84. The third-order valence-corrected chi connectivity index (χ3v) is 2.04. The number of nitrogens with zero attached hydrogens (tertiary/aromatic N) is 5. The van der Waals surface area contributed by atoms with Crippen LogP contribution in [0.25, 0.3) is 5.78 Å². The van der Waals surface area contributed by atoms with Crippen molar-refractivity contribution in [3.63, 3.8) is 0 Å². The van der Waals surface area contributed by atoms with Gasteiger partial charge in [-0.1, -0.05) is 0 Å². The Labute approximate surface area is 94.4 Å². The molecule has 2 rings (SSSR count). The molecule has 5 heteroatoms. The third kappa shape index (κ3) is 1.65. The average molecular weight is 209 g/mol. The Morgan fingerprint density at radius 3 is 2.87 bits per heavy atom. The van der Waals surface area contributed by atoms with Crippen molar-refractivity contribution in [1.82, 2.24) is 19.6 Å². The fourth-order valence-corrected chi connectivity index (χ4v) is 1.41. The van der Waals surface area contributed by atoms with Gasteiger partial charge in [-0.2, -0.15) is 14.6 Å². The smallest absolute Gasteiger partial charge is 0.254 e. The van der Waals surface area contributed by atoms with E-state index in [0.29, 0.717) is 11.5 Å². The lowest BCUT2D eigenvalue weighted by Crippen LogP contribution is -2.25. The highest BCUT2D eigenvalue weighted by Gasteiger charge is 2.09. The van der Waals surface area contributed by atoms with Crippen LogP contribution in [0.2, 0.25) is 0 Å². The molecule has 0 fully saturated rings. The lowest BCUT2D eigenvalue weighted by atomic mass is 10.4. The molecular weight excluding hydrogens is 190 g/mol. The second-order valence-corrected chi connectivity index (χ2v) is 3.01. The first-order valence-corrected chi connectivity index (χ1v) is 4.58. The maximum atomic E-state index is 7.85. The molecule has 0 aliphatic carbocycles. The molecule has 0 unspecified atom stereocenters. The molecule has 0 aliphatic rings. The standard InChI is InChI=1S/C10H15N5/c1-4-14(5-2)9-6-8(3)13-10-11-7-12-15(9)10/h6-7H,4-5H2,1-3H3/i4D2,5D2. The van der Waals surface area contributed by atoms with Gasteiger partial charge < -0.3 is 4.90 Å². The molecule has 2 aromatic rings. The van der Waals surface area contributed by atoms with E-state index in [-0.39, 0.29) is 5.82 Å². The zero-order chi connectivity index (χ0) is 14.4. The first kappa shape index (κ1) is 6.05. The molecule has 0 spiro atoms. The first-order chi connectivity index (χ1) is 8.60. The largest absolute Gasteiger partial charge is 0.357 e. The van der Waals surface area contributed by atoms with E-state index in [1.165, 1.54) is 24.7 Å². The zero-order valence-corrected chi connectivity index (χ0v) is 8.89. The van der Waals surface area contributed by atoms with Crippen molar-refractivity contribution in [2.75, 3.05) is 17.9 Å². The van der Waals surface area contributed by atoms with Crippen LogP contribution in [0.5, 0.6) is 0 Å². The quantitative estimate of drug-likeness (QED) is 0.764. The first-order valence-electron chi connectivity index (χ1n) is 6.58. The van der Waals surface area contributed by atoms with E-state index in [1.54, 1.807) is 13.0 Å². The summed E-state index contributed by atoms with van der Waals surface area (Å²) in [4.78, 5) is 9.14. The van der Waals surface area contributed by atoms with Crippen LogP contribution in [0.4, 0.5) is 5.82 Å². The molecular formula is C10H15N5. The fourth-order valence-electron chi connectivity index (χ4n) is 1.41. The van der Waals surface area contributed by atoms with Crippen molar-refractivity contribution >= 4 is 11.6 Å². The molecule has 0 aliphatic heterocycles. The molecule has 0 saturated heterocycles. The van der Waals surface area contributed by atoms with Crippen LogP contribution in [-0.2, 0) is 0 Å². The maximum absolute atomic E-state index is 7.85. The van der Waals surface area contributed by atoms with Gasteiger partial charge >= 0.3 is 0 Å². The van der Waals surface area contributed by atoms with E-state index in [1.807, 2.05) is 0 Å². The Kier molecular flexibility index (Phi) is 1.55. The molecule has 0 amide bonds. The molecule has 15 heavy (non-hydrogen) atoms. The van der Waals surface area contributed by atoms with Crippen LogP contribution in [0.3, 0.4) is 0 Å². The second-order valence-electron chi connectivity index (χ2n) is 3.01. The van der Waals surface area contributed by atoms with Crippen LogP contribution < -0.4 is 4.90 Å². The van der Waals surface area contributed by atoms with Gasteiger partial charge in [-0.05, 0) is 20.8 Å². The topological polar surface area (TPSA) is 46.3 Å². The molecule has 80 valence electrons. The van der Waals surface area contributed by atoms with Gasteiger partial charge in [-0.15, -0.1) is 0 Å². The summed E-state index contributed by atoms with van der Waals surface area (Å²) >= 11 is 0. The lowest BCUT2D eigenvalue weighted by Gasteiger charge is -2.21. The summed E-state index contributed by atoms with van der Waals surface area (Å²) in [5, 5.41) is 3.98. The molecule has 0 saturated carbocycles. The minimum atomic E-state index is -1.90. The number of hydrogen-bond donors (Lipinski definition) is 0. The Morgan fingerprint density at radius 1 is 1.47 bits per heavy atom. The Balaban J connectivity index is 2.73. The molecule has 0 N–H and O–H groups in total. The van der Waals surface area contributed by atoms with Gasteiger partial charge in [-0.25, -0.2) is 4.98 Å². The van der Waals surface area contributed by atoms with Crippen LogP contribution in [0.15, 0.2) is 12.4 Å². The SMILES string of the molecule is [2H]C([2H])(C)N(c1cc(C)nc2ncnn12)C([2H])([2H])C. The van der Waals surface area contributed by atoms with Crippen molar-refractivity contribution in [1.29, 1.82) is 0 Å². The normalized spacial score (nSPS) is 16.7.